The summed E-state index contributed by atoms with van der Waals surface area (Å²) in [6.45, 7) is 23.0. The Balaban J connectivity index is 1.92. The van der Waals surface area contributed by atoms with Gasteiger partial charge in [-0.2, -0.15) is 0 Å². The minimum atomic E-state index is 0.280. The molecule has 0 aromatic heterocycles. The van der Waals surface area contributed by atoms with Crippen molar-refractivity contribution in [1.29, 1.82) is 0 Å². The summed E-state index contributed by atoms with van der Waals surface area (Å²) in [5, 5.41) is 0. The predicted octanol–water partition coefficient (Wildman–Crippen LogP) is 19.6. The maximum absolute atomic E-state index is 14.2. The molecule has 2 aliphatic rings. The lowest BCUT2D eigenvalue weighted by atomic mass is 9.93. The second-order valence-corrected chi connectivity index (χ2v) is 25.6. The molecular formula is C70H139N5O2. The first-order chi connectivity index (χ1) is 37.9. The number of nitrogens with zero attached hydrogens (tertiary/aromatic N) is 5. The Labute approximate surface area is 483 Å². The monoisotopic (exact) mass is 1080 g/mol. The van der Waals surface area contributed by atoms with E-state index in [1.165, 1.54) is 321 Å². The summed E-state index contributed by atoms with van der Waals surface area (Å²) in [7, 11) is 0. The number of amides is 2. The van der Waals surface area contributed by atoms with E-state index in [4.69, 9.17) is 0 Å². The lowest BCUT2D eigenvalue weighted by Crippen LogP contribution is -2.54. The van der Waals surface area contributed by atoms with E-state index in [2.05, 4.69) is 59.1 Å². The summed E-state index contributed by atoms with van der Waals surface area (Å²) >= 11 is 0. The van der Waals surface area contributed by atoms with E-state index in [1.54, 1.807) is 0 Å². The van der Waals surface area contributed by atoms with Gasteiger partial charge in [0.25, 0.3) is 0 Å². The lowest BCUT2D eigenvalue weighted by Gasteiger charge is -2.37. The van der Waals surface area contributed by atoms with Crippen LogP contribution in [0.2, 0.25) is 0 Å². The number of hydrogen-bond acceptors (Lipinski definition) is 5. The van der Waals surface area contributed by atoms with Crippen LogP contribution in [0.4, 0.5) is 0 Å². The molecule has 1 unspecified atom stereocenters. The highest BCUT2D eigenvalue weighted by molar-refractivity contribution is 5.80. The second kappa shape index (κ2) is 54.1. The fourth-order valence-corrected chi connectivity index (χ4v) is 12.7. The van der Waals surface area contributed by atoms with Crippen molar-refractivity contribution >= 4 is 11.8 Å². The summed E-state index contributed by atoms with van der Waals surface area (Å²) in [6, 6.07) is 0. The van der Waals surface area contributed by atoms with E-state index < -0.39 is 0 Å². The minimum absolute atomic E-state index is 0.280. The molecule has 0 bridgehead atoms. The molecule has 456 valence electrons. The SMILES string of the molecule is CCCCCCCCCCCCN(CCCCCCCCCCCC)CCN(CCCCCCCCC)CC(=O)N1CCN(C(=O)CN(CCCCCCCCCCCC)CCCCCCCCCC(CC)C2CC2)CC1. The van der Waals surface area contributed by atoms with Crippen LogP contribution in [-0.2, 0) is 9.59 Å². The van der Waals surface area contributed by atoms with Crippen LogP contribution in [-0.4, -0.2) is 121 Å². The molecule has 77 heavy (non-hydrogen) atoms. The topological polar surface area (TPSA) is 50.3 Å². The van der Waals surface area contributed by atoms with Gasteiger partial charge in [0, 0.05) is 39.3 Å². The number of hydrogen-bond donors (Lipinski definition) is 0. The molecule has 2 amide bonds. The first-order valence-electron chi connectivity index (χ1n) is 35.7. The fourth-order valence-electron chi connectivity index (χ4n) is 12.7. The Morgan fingerprint density at radius 2 is 0.545 bits per heavy atom. The van der Waals surface area contributed by atoms with E-state index in [0.717, 1.165) is 44.6 Å². The quantitative estimate of drug-likeness (QED) is 0.0568. The van der Waals surface area contributed by atoms with Gasteiger partial charge in [0.05, 0.1) is 13.1 Å². The Morgan fingerprint density at radius 1 is 0.312 bits per heavy atom. The molecule has 1 saturated heterocycles. The van der Waals surface area contributed by atoms with E-state index in [1.807, 2.05) is 0 Å². The summed E-state index contributed by atoms with van der Waals surface area (Å²) in [4.78, 5) is 40.2. The smallest absolute Gasteiger partial charge is 0.236 e. The largest absolute Gasteiger partial charge is 0.338 e. The first kappa shape index (κ1) is 71.9. The van der Waals surface area contributed by atoms with Gasteiger partial charge in [0.15, 0.2) is 0 Å². The fraction of sp³-hybridized carbons (Fsp3) is 0.971. The Bertz CT molecular complexity index is 1230. The van der Waals surface area contributed by atoms with Crippen molar-refractivity contribution in [3.63, 3.8) is 0 Å². The summed E-state index contributed by atoms with van der Waals surface area (Å²) in [5.41, 5.74) is 0. The van der Waals surface area contributed by atoms with Crippen molar-refractivity contribution < 1.29 is 9.59 Å². The van der Waals surface area contributed by atoms with Crippen molar-refractivity contribution in [1.82, 2.24) is 24.5 Å². The average Bonchev–Trinajstić information content (AvgIpc) is 4.29. The molecule has 7 nitrogen and oxygen atoms in total. The van der Waals surface area contributed by atoms with Gasteiger partial charge in [-0.05, 0) is 89.5 Å². The van der Waals surface area contributed by atoms with Gasteiger partial charge in [-0.15, -0.1) is 0 Å². The van der Waals surface area contributed by atoms with E-state index in [9.17, 15) is 9.59 Å². The molecule has 0 radical (unpaired) electrons. The highest BCUT2D eigenvalue weighted by Crippen LogP contribution is 2.41. The molecule has 0 N–H and O–H groups in total. The predicted molar refractivity (Wildman–Crippen MR) is 339 cm³/mol. The van der Waals surface area contributed by atoms with Crippen LogP contribution in [0.25, 0.3) is 0 Å². The van der Waals surface area contributed by atoms with Gasteiger partial charge in [-0.1, -0.05) is 298 Å². The summed E-state index contributed by atoms with van der Waals surface area (Å²) < 4.78 is 0. The molecular weight excluding hydrogens is 943 g/mol. The molecule has 2 rings (SSSR count). The van der Waals surface area contributed by atoms with Gasteiger partial charge in [0.2, 0.25) is 11.8 Å². The molecule has 0 aromatic rings. The van der Waals surface area contributed by atoms with Crippen molar-refractivity contribution in [2.24, 2.45) is 11.8 Å². The van der Waals surface area contributed by atoms with Crippen molar-refractivity contribution in [3.05, 3.63) is 0 Å². The molecule has 0 spiro atoms. The molecule has 1 aliphatic heterocycles. The number of piperazine rings is 1. The van der Waals surface area contributed by atoms with Crippen LogP contribution in [0.1, 0.15) is 343 Å². The summed E-state index contributed by atoms with van der Waals surface area (Å²) in [5.74, 6) is 2.63. The molecule has 7 heteroatoms. The van der Waals surface area contributed by atoms with Crippen LogP contribution >= 0.6 is 0 Å². The standard InChI is InChI=1S/C70H139N5O2/c1-6-11-15-19-23-26-29-35-40-46-54-71(55-47-41-36-30-27-24-20-16-12-7-2)59-60-73(58-50-42-34-22-18-14-9-4)66-70(77)75-63-61-74(62-64-75)69(76)65-72(56-48-43-37-31-28-25-21-17-13-8-3)57-49-44-38-32-33-39-45-51-67(10-5)68-52-53-68/h67-68H,6-66H2,1-5H3. The van der Waals surface area contributed by atoms with E-state index in [0.29, 0.717) is 39.3 Å². The van der Waals surface area contributed by atoms with Crippen molar-refractivity contribution in [2.45, 2.75) is 343 Å². The van der Waals surface area contributed by atoms with Gasteiger partial charge in [-0.25, -0.2) is 0 Å². The Kier molecular flexibility index (Phi) is 50.5. The van der Waals surface area contributed by atoms with Crippen LogP contribution in [0, 0.1) is 11.8 Å². The van der Waals surface area contributed by atoms with Crippen LogP contribution in [0.15, 0.2) is 0 Å². The minimum Gasteiger partial charge on any atom is -0.338 e. The highest BCUT2D eigenvalue weighted by Gasteiger charge is 2.29. The van der Waals surface area contributed by atoms with Gasteiger partial charge >= 0.3 is 0 Å². The van der Waals surface area contributed by atoms with E-state index >= 15 is 0 Å². The third kappa shape index (κ3) is 43.2. The van der Waals surface area contributed by atoms with Crippen molar-refractivity contribution in [2.75, 3.05) is 85.1 Å². The zero-order valence-electron chi connectivity index (χ0n) is 53.3. The maximum Gasteiger partial charge on any atom is 0.236 e. The van der Waals surface area contributed by atoms with Gasteiger partial charge < -0.3 is 14.7 Å². The van der Waals surface area contributed by atoms with Gasteiger partial charge in [0.1, 0.15) is 0 Å². The zero-order valence-corrected chi connectivity index (χ0v) is 53.3. The normalized spacial score (nSPS) is 14.5. The number of rotatable bonds is 60. The average molecular weight is 1080 g/mol. The molecule has 1 aliphatic carbocycles. The van der Waals surface area contributed by atoms with Crippen LogP contribution in [0.3, 0.4) is 0 Å². The third-order valence-electron chi connectivity index (χ3n) is 18.4. The van der Waals surface area contributed by atoms with Crippen LogP contribution in [0.5, 0.6) is 0 Å². The second-order valence-electron chi connectivity index (χ2n) is 25.6. The van der Waals surface area contributed by atoms with Crippen LogP contribution < -0.4 is 0 Å². The summed E-state index contributed by atoms with van der Waals surface area (Å²) in [6.07, 6.45) is 65.6. The van der Waals surface area contributed by atoms with E-state index in [-0.39, 0.29) is 11.8 Å². The molecule has 2 fully saturated rings. The Morgan fingerprint density at radius 3 is 0.818 bits per heavy atom. The number of unbranched alkanes of at least 4 members (excludes halogenated alkanes) is 39. The number of carbonyl (C=O) groups is 2. The Hall–Kier alpha value is -1.18. The molecule has 0 aromatic carbocycles. The lowest BCUT2D eigenvalue weighted by molar-refractivity contribution is -0.140. The molecule has 1 heterocycles. The number of carbonyl (C=O) groups excluding carboxylic acids is 2. The van der Waals surface area contributed by atoms with Crippen molar-refractivity contribution in [3.8, 4) is 0 Å². The third-order valence-corrected chi connectivity index (χ3v) is 18.4. The zero-order chi connectivity index (χ0) is 55.3. The maximum atomic E-state index is 14.2. The highest BCUT2D eigenvalue weighted by atomic mass is 16.2. The first-order valence-corrected chi connectivity index (χ1v) is 35.7. The van der Waals surface area contributed by atoms with Gasteiger partial charge in [-0.3, -0.25) is 19.4 Å². The molecule has 1 saturated carbocycles. The molecule has 1 atom stereocenters.